The van der Waals surface area contributed by atoms with E-state index in [1.807, 2.05) is 25.1 Å². The highest BCUT2D eigenvalue weighted by atomic mass is 32.2. The molecule has 0 amide bonds. The van der Waals surface area contributed by atoms with E-state index in [0.29, 0.717) is 30.5 Å². The molecule has 1 aliphatic rings. The summed E-state index contributed by atoms with van der Waals surface area (Å²) in [7, 11) is -2.15. The van der Waals surface area contributed by atoms with Crippen LogP contribution < -0.4 is 4.74 Å². The van der Waals surface area contributed by atoms with Gasteiger partial charge in [0.25, 0.3) is 0 Å². The van der Waals surface area contributed by atoms with Crippen LogP contribution in [0.5, 0.6) is 5.75 Å². The summed E-state index contributed by atoms with van der Waals surface area (Å²) in [6.07, 6.45) is 2.70. The monoisotopic (exact) mass is 426 g/mol. The van der Waals surface area contributed by atoms with E-state index in [2.05, 4.69) is 17.3 Å². The van der Waals surface area contributed by atoms with Gasteiger partial charge in [-0.1, -0.05) is 35.5 Å². The fourth-order valence-corrected chi connectivity index (χ4v) is 5.58. The fourth-order valence-electron chi connectivity index (χ4n) is 3.97. The molecule has 2 aromatic carbocycles. The van der Waals surface area contributed by atoms with Crippen LogP contribution in [0.3, 0.4) is 0 Å². The first-order valence-electron chi connectivity index (χ1n) is 10.1. The highest BCUT2D eigenvalue weighted by Gasteiger charge is 2.31. The molecular formula is C23H26N2O4S. The largest absolute Gasteiger partial charge is 0.495 e. The van der Waals surface area contributed by atoms with Crippen LogP contribution >= 0.6 is 0 Å². The van der Waals surface area contributed by atoms with E-state index in [1.165, 1.54) is 12.7 Å². The number of rotatable bonds is 6. The molecule has 0 atom stereocenters. The average Bonchev–Trinajstić information content (AvgIpc) is 3.20. The molecule has 0 bridgehead atoms. The number of ether oxygens (including phenoxy) is 1. The Hall–Kier alpha value is -2.64. The van der Waals surface area contributed by atoms with Crippen LogP contribution in [-0.4, -0.2) is 38.1 Å². The van der Waals surface area contributed by atoms with E-state index in [4.69, 9.17) is 9.26 Å². The smallest absolute Gasteiger partial charge is 0.246 e. The molecule has 0 spiro atoms. The maximum atomic E-state index is 13.3. The Bertz CT molecular complexity index is 1100. The van der Waals surface area contributed by atoms with Crippen LogP contribution in [0.2, 0.25) is 0 Å². The molecule has 7 heteroatoms. The van der Waals surface area contributed by atoms with Crippen LogP contribution in [0.1, 0.15) is 24.1 Å². The van der Waals surface area contributed by atoms with Gasteiger partial charge in [-0.3, -0.25) is 0 Å². The molecule has 30 heavy (non-hydrogen) atoms. The standard InChI is InChI=1S/C23H26N2O4S/c1-17-14-21(29-24-17)20-8-9-23(22(16-20)28-2)30(26,27)25-12-10-19(11-13-25)15-18-6-4-3-5-7-18/h3-9,14,16,19H,10-13,15H2,1-2H3. The van der Waals surface area contributed by atoms with Crippen molar-refractivity contribution in [1.29, 1.82) is 0 Å². The maximum Gasteiger partial charge on any atom is 0.246 e. The van der Waals surface area contributed by atoms with Gasteiger partial charge in [0.2, 0.25) is 10.0 Å². The lowest BCUT2D eigenvalue weighted by Crippen LogP contribution is -2.39. The molecule has 0 N–H and O–H groups in total. The normalized spacial score (nSPS) is 15.9. The Morgan fingerprint density at radius 3 is 2.47 bits per heavy atom. The number of methoxy groups -OCH3 is 1. The van der Waals surface area contributed by atoms with Gasteiger partial charge in [-0.15, -0.1) is 0 Å². The minimum absolute atomic E-state index is 0.187. The molecule has 0 saturated carbocycles. The minimum Gasteiger partial charge on any atom is -0.495 e. The van der Waals surface area contributed by atoms with Crippen molar-refractivity contribution in [2.24, 2.45) is 5.92 Å². The zero-order chi connectivity index (χ0) is 21.1. The Kier molecular flexibility index (Phi) is 5.92. The molecule has 0 radical (unpaired) electrons. The highest BCUT2D eigenvalue weighted by molar-refractivity contribution is 7.89. The topological polar surface area (TPSA) is 72.6 Å². The van der Waals surface area contributed by atoms with Crippen molar-refractivity contribution >= 4 is 10.0 Å². The Labute approximate surface area is 177 Å². The lowest BCUT2D eigenvalue weighted by atomic mass is 9.91. The SMILES string of the molecule is COc1cc(-c2cc(C)no2)ccc1S(=O)(=O)N1CCC(Cc2ccccc2)CC1. The van der Waals surface area contributed by atoms with Crippen LogP contribution in [0.25, 0.3) is 11.3 Å². The Morgan fingerprint density at radius 2 is 1.83 bits per heavy atom. The predicted molar refractivity (Wildman–Crippen MR) is 115 cm³/mol. The molecule has 0 aliphatic carbocycles. The third kappa shape index (κ3) is 4.27. The van der Waals surface area contributed by atoms with Gasteiger partial charge in [0.15, 0.2) is 5.76 Å². The quantitative estimate of drug-likeness (QED) is 0.588. The predicted octanol–water partition coefficient (Wildman–Crippen LogP) is 4.30. The third-order valence-corrected chi connectivity index (χ3v) is 7.57. The molecule has 4 rings (SSSR count). The second-order valence-corrected chi connectivity index (χ2v) is 9.64. The van der Waals surface area contributed by atoms with E-state index in [9.17, 15) is 8.42 Å². The Morgan fingerprint density at radius 1 is 1.10 bits per heavy atom. The second-order valence-electron chi connectivity index (χ2n) is 7.74. The van der Waals surface area contributed by atoms with E-state index < -0.39 is 10.0 Å². The van der Waals surface area contributed by atoms with Crippen LogP contribution in [-0.2, 0) is 16.4 Å². The van der Waals surface area contributed by atoms with Gasteiger partial charge in [0, 0.05) is 24.7 Å². The number of hydrogen-bond donors (Lipinski definition) is 0. The molecule has 1 fully saturated rings. The van der Waals surface area contributed by atoms with E-state index in [1.54, 1.807) is 28.6 Å². The van der Waals surface area contributed by atoms with Crippen LogP contribution in [0.4, 0.5) is 0 Å². The lowest BCUT2D eigenvalue weighted by molar-refractivity contribution is 0.272. The number of aryl methyl sites for hydroxylation is 1. The average molecular weight is 427 g/mol. The van der Waals surface area contributed by atoms with Crippen molar-refractivity contribution < 1.29 is 17.7 Å². The van der Waals surface area contributed by atoms with Crippen LogP contribution in [0, 0.1) is 12.8 Å². The zero-order valence-corrected chi connectivity index (χ0v) is 18.1. The van der Waals surface area contributed by atoms with Crippen molar-refractivity contribution in [2.45, 2.75) is 31.1 Å². The van der Waals surface area contributed by atoms with E-state index in [-0.39, 0.29) is 4.90 Å². The first kappa shape index (κ1) is 20.6. The van der Waals surface area contributed by atoms with Crippen molar-refractivity contribution in [2.75, 3.05) is 20.2 Å². The lowest BCUT2D eigenvalue weighted by Gasteiger charge is -2.31. The van der Waals surface area contributed by atoms with Crippen molar-refractivity contribution in [3.8, 4) is 17.1 Å². The van der Waals surface area contributed by atoms with Gasteiger partial charge in [-0.2, -0.15) is 4.31 Å². The molecule has 6 nitrogen and oxygen atoms in total. The number of aromatic nitrogens is 1. The molecule has 3 aromatic rings. The summed E-state index contributed by atoms with van der Waals surface area (Å²) in [5.74, 6) is 1.39. The number of piperidine rings is 1. The van der Waals surface area contributed by atoms with Crippen molar-refractivity contribution in [3.63, 3.8) is 0 Å². The fraction of sp³-hybridized carbons (Fsp3) is 0.348. The van der Waals surface area contributed by atoms with Gasteiger partial charge >= 0.3 is 0 Å². The van der Waals surface area contributed by atoms with Gasteiger partial charge in [0.05, 0.1) is 12.8 Å². The summed E-state index contributed by atoms with van der Waals surface area (Å²) in [5.41, 5.74) is 2.80. The summed E-state index contributed by atoms with van der Waals surface area (Å²) in [6, 6.07) is 17.2. The van der Waals surface area contributed by atoms with Crippen molar-refractivity contribution in [1.82, 2.24) is 9.46 Å². The van der Waals surface area contributed by atoms with Gasteiger partial charge in [-0.25, -0.2) is 8.42 Å². The number of benzene rings is 2. The van der Waals surface area contributed by atoms with Gasteiger partial charge in [0.1, 0.15) is 10.6 Å². The van der Waals surface area contributed by atoms with Gasteiger partial charge in [-0.05, 0) is 55.9 Å². The zero-order valence-electron chi connectivity index (χ0n) is 17.2. The molecular weight excluding hydrogens is 400 g/mol. The van der Waals surface area contributed by atoms with E-state index in [0.717, 1.165) is 30.5 Å². The molecule has 1 aliphatic heterocycles. The number of hydrogen-bond acceptors (Lipinski definition) is 5. The van der Waals surface area contributed by atoms with Gasteiger partial charge < -0.3 is 9.26 Å². The molecule has 2 heterocycles. The second kappa shape index (κ2) is 8.62. The summed E-state index contributed by atoms with van der Waals surface area (Å²) >= 11 is 0. The first-order valence-corrected chi connectivity index (χ1v) is 11.6. The van der Waals surface area contributed by atoms with Crippen LogP contribution in [0.15, 0.2) is 64.0 Å². The maximum absolute atomic E-state index is 13.3. The Balaban J connectivity index is 1.49. The summed E-state index contributed by atoms with van der Waals surface area (Å²) < 4.78 is 38.9. The minimum atomic E-state index is -3.63. The number of nitrogens with zero attached hydrogens (tertiary/aromatic N) is 2. The van der Waals surface area contributed by atoms with E-state index >= 15 is 0 Å². The number of sulfonamides is 1. The summed E-state index contributed by atoms with van der Waals surface area (Å²) in [5, 5.41) is 3.89. The molecule has 158 valence electrons. The molecule has 0 unspecified atom stereocenters. The molecule has 1 saturated heterocycles. The summed E-state index contributed by atoms with van der Waals surface area (Å²) in [6.45, 7) is 2.88. The third-order valence-electron chi connectivity index (χ3n) is 5.63. The highest BCUT2D eigenvalue weighted by Crippen LogP contribution is 2.34. The first-order chi connectivity index (χ1) is 14.5. The summed E-state index contributed by atoms with van der Waals surface area (Å²) in [4.78, 5) is 0.187. The molecule has 1 aromatic heterocycles. The van der Waals surface area contributed by atoms with Crippen molar-refractivity contribution in [3.05, 3.63) is 65.9 Å².